The van der Waals surface area contributed by atoms with E-state index in [9.17, 15) is 4.79 Å². The molecular weight excluding hydrogens is 358 g/mol. The smallest absolute Gasteiger partial charge is 0.256 e. The molecule has 0 aliphatic heterocycles. The Kier molecular flexibility index (Phi) is 5.16. The van der Waals surface area contributed by atoms with Crippen molar-refractivity contribution in [1.82, 2.24) is 9.97 Å². The summed E-state index contributed by atoms with van der Waals surface area (Å²) in [6.45, 7) is 3.94. The van der Waals surface area contributed by atoms with Crippen molar-refractivity contribution in [2.75, 3.05) is 5.32 Å². The molecule has 0 bridgehead atoms. The third kappa shape index (κ3) is 4.06. The first kappa shape index (κ1) is 18.6. The zero-order chi connectivity index (χ0) is 20.2. The lowest BCUT2D eigenvalue weighted by Crippen LogP contribution is -2.13. The number of pyridine rings is 2. The van der Waals surface area contributed by atoms with Crippen molar-refractivity contribution < 1.29 is 4.79 Å². The van der Waals surface area contributed by atoms with E-state index >= 15 is 0 Å². The lowest BCUT2D eigenvalue weighted by Gasteiger charge is -2.12. The molecular formula is C25H21N3O. The number of nitrogens with zero attached hydrogens (tertiary/aromatic N) is 2. The second-order valence-corrected chi connectivity index (χ2v) is 7.00. The van der Waals surface area contributed by atoms with E-state index in [0.29, 0.717) is 5.56 Å². The highest BCUT2D eigenvalue weighted by atomic mass is 16.1. The number of amides is 1. The molecule has 0 unspecified atom stereocenters. The first-order valence-corrected chi connectivity index (χ1v) is 9.45. The summed E-state index contributed by atoms with van der Waals surface area (Å²) in [6.07, 6.45) is 6.97. The number of carbonyl (C=O) groups excluding carboxylic acids is 1. The fourth-order valence-corrected chi connectivity index (χ4v) is 3.39. The summed E-state index contributed by atoms with van der Waals surface area (Å²) >= 11 is 0. The summed E-state index contributed by atoms with van der Waals surface area (Å²) in [6, 6.07) is 20.1. The van der Waals surface area contributed by atoms with Gasteiger partial charge in [0.1, 0.15) is 0 Å². The number of benzene rings is 2. The van der Waals surface area contributed by atoms with Crippen LogP contribution in [0.15, 0.2) is 85.5 Å². The molecule has 0 aliphatic carbocycles. The standard InChI is InChI=1S/C25H21N3O/c1-17-13-22(28-25(29)24-10-12-27-15-18(24)2)8-9-23(17)20-6-3-5-19(14-20)21-7-4-11-26-16-21/h3-16H,1-2H3,(H,28,29). The van der Waals surface area contributed by atoms with Crippen LogP contribution in [-0.4, -0.2) is 15.9 Å². The molecule has 4 heteroatoms. The molecule has 0 saturated carbocycles. The number of rotatable bonds is 4. The molecule has 2 aromatic carbocycles. The molecule has 142 valence electrons. The molecule has 0 atom stereocenters. The number of anilines is 1. The second kappa shape index (κ2) is 8.07. The molecule has 2 aromatic heterocycles. The van der Waals surface area contributed by atoms with Crippen LogP contribution in [0.4, 0.5) is 5.69 Å². The summed E-state index contributed by atoms with van der Waals surface area (Å²) in [5.41, 5.74) is 7.83. The molecule has 2 heterocycles. The first-order valence-electron chi connectivity index (χ1n) is 9.45. The maximum atomic E-state index is 12.6. The summed E-state index contributed by atoms with van der Waals surface area (Å²) in [5.74, 6) is -0.129. The van der Waals surface area contributed by atoms with Crippen molar-refractivity contribution in [1.29, 1.82) is 0 Å². The quantitative estimate of drug-likeness (QED) is 0.496. The summed E-state index contributed by atoms with van der Waals surface area (Å²) in [4.78, 5) is 20.8. The van der Waals surface area contributed by atoms with E-state index in [0.717, 1.165) is 39.1 Å². The van der Waals surface area contributed by atoms with Gasteiger partial charge in [0, 0.05) is 41.6 Å². The molecule has 29 heavy (non-hydrogen) atoms. The van der Waals surface area contributed by atoms with E-state index in [1.807, 2.05) is 37.4 Å². The summed E-state index contributed by atoms with van der Waals surface area (Å²) in [5, 5.41) is 2.98. The zero-order valence-electron chi connectivity index (χ0n) is 16.4. The minimum atomic E-state index is -0.129. The molecule has 4 rings (SSSR count). The van der Waals surface area contributed by atoms with Crippen LogP contribution >= 0.6 is 0 Å². The number of hydrogen-bond acceptors (Lipinski definition) is 3. The van der Waals surface area contributed by atoms with E-state index in [-0.39, 0.29) is 5.91 Å². The van der Waals surface area contributed by atoms with Crippen LogP contribution in [0.25, 0.3) is 22.3 Å². The minimum Gasteiger partial charge on any atom is -0.322 e. The van der Waals surface area contributed by atoms with E-state index in [4.69, 9.17) is 0 Å². The van der Waals surface area contributed by atoms with Crippen LogP contribution in [0.3, 0.4) is 0 Å². The highest BCUT2D eigenvalue weighted by Gasteiger charge is 2.10. The third-order valence-electron chi connectivity index (χ3n) is 4.92. The van der Waals surface area contributed by atoms with Crippen LogP contribution in [0.2, 0.25) is 0 Å². The van der Waals surface area contributed by atoms with Gasteiger partial charge in [0.25, 0.3) is 5.91 Å². The van der Waals surface area contributed by atoms with Crippen molar-refractivity contribution >= 4 is 11.6 Å². The van der Waals surface area contributed by atoms with Gasteiger partial charge in [0.15, 0.2) is 0 Å². The van der Waals surface area contributed by atoms with Crippen LogP contribution in [-0.2, 0) is 0 Å². The Morgan fingerprint density at radius 1 is 0.759 bits per heavy atom. The number of carbonyl (C=O) groups is 1. The average molecular weight is 379 g/mol. The highest BCUT2D eigenvalue weighted by molar-refractivity contribution is 6.05. The van der Waals surface area contributed by atoms with Crippen molar-refractivity contribution in [3.63, 3.8) is 0 Å². The van der Waals surface area contributed by atoms with Gasteiger partial charge in [-0.05, 0) is 72.0 Å². The predicted octanol–water partition coefficient (Wildman–Crippen LogP) is 5.68. The number of aryl methyl sites for hydroxylation is 2. The minimum absolute atomic E-state index is 0.129. The van der Waals surface area contributed by atoms with Crippen LogP contribution < -0.4 is 5.32 Å². The predicted molar refractivity (Wildman–Crippen MR) is 117 cm³/mol. The lowest BCUT2D eigenvalue weighted by molar-refractivity contribution is 0.102. The highest BCUT2D eigenvalue weighted by Crippen LogP contribution is 2.29. The monoisotopic (exact) mass is 379 g/mol. The van der Waals surface area contributed by atoms with E-state index < -0.39 is 0 Å². The topological polar surface area (TPSA) is 54.9 Å². The maximum Gasteiger partial charge on any atom is 0.256 e. The zero-order valence-corrected chi connectivity index (χ0v) is 16.4. The molecule has 0 saturated heterocycles. The largest absolute Gasteiger partial charge is 0.322 e. The Balaban J connectivity index is 1.60. The Labute approximate surface area is 170 Å². The molecule has 1 amide bonds. The Morgan fingerprint density at radius 2 is 1.55 bits per heavy atom. The third-order valence-corrected chi connectivity index (χ3v) is 4.92. The molecule has 0 fully saturated rings. The van der Waals surface area contributed by atoms with Gasteiger partial charge >= 0.3 is 0 Å². The summed E-state index contributed by atoms with van der Waals surface area (Å²) in [7, 11) is 0. The van der Waals surface area contributed by atoms with Gasteiger partial charge in [-0.15, -0.1) is 0 Å². The first-order chi connectivity index (χ1) is 14.1. The van der Waals surface area contributed by atoms with Crippen molar-refractivity contribution in [3.8, 4) is 22.3 Å². The molecule has 0 spiro atoms. The number of nitrogens with one attached hydrogen (secondary N) is 1. The van der Waals surface area contributed by atoms with Crippen LogP contribution in [0, 0.1) is 13.8 Å². The van der Waals surface area contributed by atoms with E-state index in [2.05, 4.69) is 52.5 Å². The van der Waals surface area contributed by atoms with Crippen LogP contribution in [0.5, 0.6) is 0 Å². The van der Waals surface area contributed by atoms with Gasteiger partial charge in [-0.25, -0.2) is 0 Å². The van der Waals surface area contributed by atoms with Crippen molar-refractivity contribution in [3.05, 3.63) is 102 Å². The molecule has 0 aliphatic rings. The second-order valence-electron chi connectivity index (χ2n) is 7.00. The SMILES string of the molecule is Cc1cnccc1C(=O)Nc1ccc(-c2cccc(-c3cccnc3)c2)c(C)c1. The fourth-order valence-electron chi connectivity index (χ4n) is 3.39. The van der Waals surface area contributed by atoms with Gasteiger partial charge in [0.05, 0.1) is 0 Å². The van der Waals surface area contributed by atoms with Gasteiger partial charge in [-0.1, -0.05) is 30.3 Å². The average Bonchev–Trinajstić information content (AvgIpc) is 2.75. The van der Waals surface area contributed by atoms with E-state index in [1.165, 1.54) is 0 Å². The number of hydrogen-bond donors (Lipinski definition) is 1. The Morgan fingerprint density at radius 3 is 2.31 bits per heavy atom. The molecule has 4 aromatic rings. The molecule has 1 N–H and O–H groups in total. The fraction of sp³-hybridized carbons (Fsp3) is 0.0800. The Bertz CT molecular complexity index is 1170. The van der Waals surface area contributed by atoms with Crippen LogP contribution in [0.1, 0.15) is 21.5 Å². The van der Waals surface area contributed by atoms with Gasteiger partial charge in [-0.3, -0.25) is 14.8 Å². The Hall–Kier alpha value is -3.79. The van der Waals surface area contributed by atoms with Gasteiger partial charge in [0.2, 0.25) is 0 Å². The number of aromatic nitrogens is 2. The van der Waals surface area contributed by atoms with E-state index in [1.54, 1.807) is 24.7 Å². The van der Waals surface area contributed by atoms with Crippen molar-refractivity contribution in [2.24, 2.45) is 0 Å². The molecule has 4 nitrogen and oxygen atoms in total. The molecule has 0 radical (unpaired) electrons. The van der Waals surface area contributed by atoms with Gasteiger partial charge < -0.3 is 5.32 Å². The maximum absolute atomic E-state index is 12.6. The normalized spacial score (nSPS) is 10.6. The van der Waals surface area contributed by atoms with Gasteiger partial charge in [-0.2, -0.15) is 0 Å². The summed E-state index contributed by atoms with van der Waals surface area (Å²) < 4.78 is 0. The lowest BCUT2D eigenvalue weighted by atomic mass is 9.96. The van der Waals surface area contributed by atoms with Crippen molar-refractivity contribution in [2.45, 2.75) is 13.8 Å².